The van der Waals surface area contributed by atoms with E-state index in [0.29, 0.717) is 25.3 Å². The Labute approximate surface area is 97.6 Å². The Morgan fingerprint density at radius 2 is 2.06 bits per heavy atom. The van der Waals surface area contributed by atoms with Crippen molar-refractivity contribution in [3.8, 4) is 0 Å². The fourth-order valence-corrected chi connectivity index (χ4v) is 1.64. The summed E-state index contributed by atoms with van der Waals surface area (Å²) in [5.41, 5.74) is 0. The number of aliphatic hydroxyl groups is 1. The molecule has 3 N–H and O–H groups in total. The van der Waals surface area contributed by atoms with E-state index in [0.717, 1.165) is 0 Å². The van der Waals surface area contributed by atoms with Gasteiger partial charge in [-0.2, -0.15) is 13.2 Å². The topological polar surface area (TPSA) is 61.4 Å². The Morgan fingerprint density at radius 1 is 1.47 bits per heavy atom. The number of carbonyl (C=O) groups is 1. The smallest absolute Gasteiger partial charge is 0.393 e. The Hall–Kier alpha value is -0.820. The summed E-state index contributed by atoms with van der Waals surface area (Å²) in [6.45, 7) is 0.748. The molecule has 0 spiro atoms. The van der Waals surface area contributed by atoms with Gasteiger partial charge in [0.15, 0.2) is 0 Å². The maximum atomic E-state index is 11.8. The zero-order valence-corrected chi connectivity index (χ0v) is 9.55. The van der Waals surface area contributed by atoms with Gasteiger partial charge in [0.25, 0.3) is 0 Å². The number of nitrogens with one attached hydrogen (secondary N) is 2. The molecule has 1 unspecified atom stereocenters. The predicted molar refractivity (Wildman–Crippen MR) is 55.3 cm³/mol. The minimum Gasteiger partial charge on any atom is -0.393 e. The van der Waals surface area contributed by atoms with E-state index in [1.54, 1.807) is 0 Å². The Balaban J connectivity index is 2.14. The summed E-state index contributed by atoms with van der Waals surface area (Å²) in [5, 5.41) is 13.7. The SMILES string of the molecule is CC(NCC1CC(O)C1)C(=O)NCC(F)(F)F. The zero-order chi connectivity index (χ0) is 13.1. The lowest BCUT2D eigenvalue weighted by Gasteiger charge is -2.32. The van der Waals surface area contributed by atoms with Crippen LogP contribution in [0.1, 0.15) is 19.8 Å². The number of hydrogen-bond acceptors (Lipinski definition) is 3. The van der Waals surface area contributed by atoms with Crippen LogP contribution in [0.15, 0.2) is 0 Å². The maximum absolute atomic E-state index is 11.8. The molecule has 0 saturated heterocycles. The lowest BCUT2D eigenvalue weighted by atomic mass is 9.82. The molecule has 0 radical (unpaired) electrons. The van der Waals surface area contributed by atoms with E-state index in [1.165, 1.54) is 6.92 Å². The van der Waals surface area contributed by atoms with Gasteiger partial charge in [0.2, 0.25) is 5.91 Å². The molecule has 100 valence electrons. The van der Waals surface area contributed by atoms with E-state index in [-0.39, 0.29) is 6.10 Å². The van der Waals surface area contributed by atoms with Crippen LogP contribution >= 0.6 is 0 Å². The Morgan fingerprint density at radius 3 is 2.53 bits per heavy atom. The van der Waals surface area contributed by atoms with Crippen LogP contribution in [0.3, 0.4) is 0 Å². The predicted octanol–water partition coefficient (Wildman–Crippen LogP) is 0.414. The highest BCUT2D eigenvalue weighted by molar-refractivity contribution is 5.81. The van der Waals surface area contributed by atoms with Gasteiger partial charge in [-0.15, -0.1) is 0 Å². The van der Waals surface area contributed by atoms with Gasteiger partial charge in [0, 0.05) is 0 Å². The first-order chi connectivity index (χ1) is 7.78. The van der Waals surface area contributed by atoms with Crippen molar-refractivity contribution in [1.82, 2.24) is 10.6 Å². The maximum Gasteiger partial charge on any atom is 0.405 e. The first-order valence-corrected chi connectivity index (χ1v) is 5.54. The van der Waals surface area contributed by atoms with Gasteiger partial charge < -0.3 is 15.7 Å². The van der Waals surface area contributed by atoms with Gasteiger partial charge in [-0.1, -0.05) is 0 Å². The average Bonchev–Trinajstić information content (AvgIpc) is 2.17. The summed E-state index contributed by atoms with van der Waals surface area (Å²) in [4.78, 5) is 11.2. The Bertz CT molecular complexity index is 265. The van der Waals surface area contributed by atoms with Gasteiger partial charge in [-0.3, -0.25) is 4.79 Å². The summed E-state index contributed by atoms with van der Waals surface area (Å²) in [7, 11) is 0. The lowest BCUT2D eigenvalue weighted by Crippen LogP contribution is -2.48. The zero-order valence-electron chi connectivity index (χ0n) is 9.55. The molecule has 1 rings (SSSR count). The number of halogens is 3. The second-order valence-corrected chi connectivity index (χ2v) is 4.45. The van der Waals surface area contributed by atoms with Crippen LogP contribution in [0.5, 0.6) is 0 Å². The molecule has 0 aromatic carbocycles. The summed E-state index contributed by atoms with van der Waals surface area (Å²) < 4.78 is 35.5. The monoisotopic (exact) mass is 254 g/mol. The van der Waals surface area contributed by atoms with Crippen molar-refractivity contribution in [2.24, 2.45) is 5.92 Å². The molecule has 1 amide bonds. The van der Waals surface area contributed by atoms with Crippen molar-refractivity contribution in [3.05, 3.63) is 0 Å². The third kappa shape index (κ3) is 5.36. The summed E-state index contributed by atoms with van der Waals surface area (Å²) in [6, 6.07) is -0.657. The van der Waals surface area contributed by atoms with E-state index in [2.05, 4.69) is 5.32 Å². The van der Waals surface area contributed by atoms with Crippen LogP contribution in [-0.2, 0) is 4.79 Å². The van der Waals surface area contributed by atoms with Crippen LogP contribution in [0.2, 0.25) is 0 Å². The molecule has 1 fully saturated rings. The number of rotatable bonds is 5. The minimum absolute atomic E-state index is 0.267. The third-order valence-corrected chi connectivity index (χ3v) is 2.78. The average molecular weight is 254 g/mol. The van der Waals surface area contributed by atoms with Crippen LogP contribution in [0.25, 0.3) is 0 Å². The molecule has 1 aliphatic carbocycles. The number of aliphatic hydroxyl groups excluding tert-OH is 1. The fourth-order valence-electron chi connectivity index (χ4n) is 1.64. The molecule has 0 aromatic heterocycles. The van der Waals surface area contributed by atoms with E-state index < -0.39 is 24.7 Å². The highest BCUT2D eigenvalue weighted by Crippen LogP contribution is 2.26. The highest BCUT2D eigenvalue weighted by Gasteiger charge is 2.30. The van der Waals surface area contributed by atoms with Crippen molar-refractivity contribution < 1.29 is 23.1 Å². The van der Waals surface area contributed by atoms with E-state index in [1.807, 2.05) is 5.32 Å². The van der Waals surface area contributed by atoms with Gasteiger partial charge in [0.1, 0.15) is 6.54 Å². The molecule has 1 saturated carbocycles. The molecule has 0 aliphatic heterocycles. The van der Waals surface area contributed by atoms with Crippen molar-refractivity contribution >= 4 is 5.91 Å². The fraction of sp³-hybridized carbons (Fsp3) is 0.900. The number of hydrogen-bond donors (Lipinski definition) is 3. The van der Waals surface area contributed by atoms with Gasteiger partial charge in [0.05, 0.1) is 12.1 Å². The molecule has 1 aliphatic rings. The number of amides is 1. The molecular weight excluding hydrogens is 237 g/mol. The molecular formula is C10H17F3N2O2. The molecule has 7 heteroatoms. The first-order valence-electron chi connectivity index (χ1n) is 5.54. The molecule has 0 heterocycles. The molecule has 0 bridgehead atoms. The summed E-state index contributed by atoms with van der Waals surface area (Å²) in [6.07, 6.45) is -3.28. The molecule has 1 atom stereocenters. The first kappa shape index (κ1) is 14.2. The molecule has 4 nitrogen and oxygen atoms in total. The number of carbonyl (C=O) groups excluding carboxylic acids is 1. The summed E-state index contributed by atoms with van der Waals surface area (Å²) >= 11 is 0. The second kappa shape index (κ2) is 5.68. The lowest BCUT2D eigenvalue weighted by molar-refractivity contribution is -0.139. The van der Waals surface area contributed by atoms with Crippen molar-refractivity contribution in [2.45, 2.75) is 38.1 Å². The van der Waals surface area contributed by atoms with Gasteiger partial charge in [-0.05, 0) is 32.2 Å². The van der Waals surface area contributed by atoms with E-state index in [4.69, 9.17) is 5.11 Å². The quantitative estimate of drug-likeness (QED) is 0.666. The van der Waals surface area contributed by atoms with Crippen LogP contribution in [0, 0.1) is 5.92 Å². The standard InChI is InChI=1S/C10H17F3N2O2/c1-6(9(17)15-5-10(11,12)13)14-4-7-2-8(16)3-7/h6-8,14,16H,2-5H2,1H3,(H,15,17). The van der Waals surface area contributed by atoms with Crippen LogP contribution < -0.4 is 10.6 Å². The van der Waals surface area contributed by atoms with E-state index in [9.17, 15) is 18.0 Å². The molecule has 0 aromatic rings. The normalized spacial score (nSPS) is 26.2. The van der Waals surface area contributed by atoms with Crippen molar-refractivity contribution in [1.29, 1.82) is 0 Å². The highest BCUT2D eigenvalue weighted by atomic mass is 19.4. The minimum atomic E-state index is -4.38. The number of alkyl halides is 3. The van der Waals surface area contributed by atoms with Crippen LogP contribution in [-0.4, -0.2) is 42.4 Å². The van der Waals surface area contributed by atoms with E-state index >= 15 is 0 Å². The van der Waals surface area contributed by atoms with Crippen LogP contribution in [0.4, 0.5) is 13.2 Å². The summed E-state index contributed by atoms with van der Waals surface area (Å²) in [5.74, 6) is -0.356. The largest absolute Gasteiger partial charge is 0.405 e. The van der Waals surface area contributed by atoms with Gasteiger partial charge >= 0.3 is 6.18 Å². The Kier molecular flexibility index (Phi) is 4.76. The van der Waals surface area contributed by atoms with Crippen molar-refractivity contribution in [2.75, 3.05) is 13.1 Å². The third-order valence-electron chi connectivity index (χ3n) is 2.78. The second-order valence-electron chi connectivity index (χ2n) is 4.45. The van der Waals surface area contributed by atoms with Crippen molar-refractivity contribution in [3.63, 3.8) is 0 Å². The molecule has 17 heavy (non-hydrogen) atoms. The van der Waals surface area contributed by atoms with Gasteiger partial charge in [-0.25, -0.2) is 0 Å².